The van der Waals surface area contributed by atoms with Crippen molar-refractivity contribution in [3.63, 3.8) is 0 Å². The molecule has 0 bridgehead atoms. The molecule has 0 aliphatic carbocycles. The van der Waals surface area contributed by atoms with E-state index in [2.05, 4.69) is 15.6 Å². The molecule has 8 nitrogen and oxygen atoms in total. The zero-order valence-electron chi connectivity index (χ0n) is 16.8. The van der Waals surface area contributed by atoms with E-state index in [0.717, 1.165) is 5.56 Å². The molecule has 2 N–H and O–H groups in total. The minimum Gasteiger partial charge on any atom is -0.350 e. The molecule has 1 aliphatic rings. The van der Waals surface area contributed by atoms with E-state index in [0.29, 0.717) is 19.4 Å². The fraction of sp³-hybridized carbons (Fsp3) is 0.381. The summed E-state index contributed by atoms with van der Waals surface area (Å²) in [4.78, 5) is 29.0. The van der Waals surface area contributed by atoms with Gasteiger partial charge in [-0.15, -0.1) is 0 Å². The third-order valence-electron chi connectivity index (χ3n) is 5.15. The van der Waals surface area contributed by atoms with E-state index >= 15 is 0 Å². The molecule has 1 atom stereocenters. The summed E-state index contributed by atoms with van der Waals surface area (Å²) < 4.78 is 26.8. The largest absolute Gasteiger partial charge is 0.350 e. The summed E-state index contributed by atoms with van der Waals surface area (Å²) in [5, 5.41) is 5.51. The Morgan fingerprint density at radius 1 is 1.13 bits per heavy atom. The predicted octanol–water partition coefficient (Wildman–Crippen LogP) is 1.30. The van der Waals surface area contributed by atoms with Crippen molar-refractivity contribution in [2.75, 3.05) is 13.1 Å². The van der Waals surface area contributed by atoms with E-state index in [-0.39, 0.29) is 35.7 Å². The second-order valence-electron chi connectivity index (χ2n) is 7.30. The van der Waals surface area contributed by atoms with Crippen molar-refractivity contribution >= 4 is 21.8 Å². The van der Waals surface area contributed by atoms with Gasteiger partial charge in [0.05, 0.1) is 4.90 Å². The molecule has 2 amide bonds. The quantitative estimate of drug-likeness (QED) is 0.688. The molecule has 0 unspecified atom stereocenters. The lowest BCUT2D eigenvalue weighted by atomic mass is 9.97. The fourth-order valence-corrected chi connectivity index (χ4v) is 4.83. The van der Waals surface area contributed by atoms with Gasteiger partial charge in [-0.05, 0) is 43.5 Å². The first-order valence-electron chi connectivity index (χ1n) is 9.90. The number of piperidine rings is 1. The second kappa shape index (κ2) is 9.82. The van der Waals surface area contributed by atoms with Gasteiger partial charge in [0.15, 0.2) is 0 Å². The minimum atomic E-state index is -3.55. The van der Waals surface area contributed by atoms with Crippen molar-refractivity contribution < 1.29 is 18.0 Å². The van der Waals surface area contributed by atoms with Crippen LogP contribution < -0.4 is 10.6 Å². The van der Waals surface area contributed by atoms with Crippen LogP contribution in [0.1, 0.15) is 25.3 Å². The lowest BCUT2D eigenvalue weighted by Gasteiger charge is -2.31. The van der Waals surface area contributed by atoms with Gasteiger partial charge in [-0.2, -0.15) is 4.31 Å². The second-order valence-corrected chi connectivity index (χ2v) is 9.24. The van der Waals surface area contributed by atoms with Crippen LogP contribution in [0.25, 0.3) is 0 Å². The molecule has 0 saturated carbocycles. The molecule has 9 heteroatoms. The van der Waals surface area contributed by atoms with Crippen molar-refractivity contribution in [2.24, 2.45) is 5.92 Å². The highest BCUT2D eigenvalue weighted by molar-refractivity contribution is 7.89. The van der Waals surface area contributed by atoms with Gasteiger partial charge in [-0.25, -0.2) is 8.42 Å². The Morgan fingerprint density at radius 3 is 2.47 bits per heavy atom. The maximum absolute atomic E-state index is 12.7. The van der Waals surface area contributed by atoms with Crippen LogP contribution in [0.5, 0.6) is 0 Å². The molecule has 30 heavy (non-hydrogen) atoms. The maximum Gasteiger partial charge on any atom is 0.243 e. The van der Waals surface area contributed by atoms with Crippen molar-refractivity contribution in [1.29, 1.82) is 0 Å². The molecule has 2 heterocycles. The first-order valence-corrected chi connectivity index (χ1v) is 11.3. The van der Waals surface area contributed by atoms with Crippen molar-refractivity contribution in [3.8, 4) is 0 Å². The van der Waals surface area contributed by atoms with Crippen molar-refractivity contribution in [1.82, 2.24) is 19.9 Å². The first kappa shape index (κ1) is 21.9. The van der Waals surface area contributed by atoms with Crippen molar-refractivity contribution in [2.45, 2.75) is 37.2 Å². The molecule has 0 spiro atoms. The third-order valence-corrected chi connectivity index (χ3v) is 7.06. The smallest absolute Gasteiger partial charge is 0.243 e. The number of sulfonamides is 1. The van der Waals surface area contributed by atoms with Crippen LogP contribution >= 0.6 is 0 Å². The van der Waals surface area contributed by atoms with E-state index in [1.807, 2.05) is 6.07 Å². The Kier molecular flexibility index (Phi) is 7.17. The normalized spacial score (nSPS) is 16.6. The number of hydrogen-bond donors (Lipinski definition) is 2. The van der Waals surface area contributed by atoms with Crippen LogP contribution in [0.3, 0.4) is 0 Å². The molecular weight excluding hydrogens is 404 g/mol. The highest BCUT2D eigenvalue weighted by atomic mass is 32.2. The summed E-state index contributed by atoms with van der Waals surface area (Å²) in [6.07, 6.45) is 4.16. The topological polar surface area (TPSA) is 108 Å². The van der Waals surface area contributed by atoms with Gasteiger partial charge in [-0.3, -0.25) is 14.6 Å². The average molecular weight is 431 g/mol. The molecule has 2 aromatic rings. The van der Waals surface area contributed by atoms with Crippen LogP contribution in [0.15, 0.2) is 59.8 Å². The first-order chi connectivity index (χ1) is 14.4. The Labute approximate surface area is 176 Å². The Bertz CT molecular complexity index is 959. The van der Waals surface area contributed by atoms with Gasteiger partial charge in [0, 0.05) is 37.9 Å². The number of rotatable bonds is 7. The molecule has 1 aromatic carbocycles. The van der Waals surface area contributed by atoms with Crippen LogP contribution in [0.2, 0.25) is 0 Å². The molecule has 1 fully saturated rings. The lowest BCUT2D eigenvalue weighted by Crippen LogP contribution is -2.49. The summed E-state index contributed by atoms with van der Waals surface area (Å²) in [7, 11) is -3.55. The molecule has 1 aliphatic heterocycles. The van der Waals surface area contributed by atoms with Gasteiger partial charge in [-0.1, -0.05) is 24.3 Å². The molecular formula is C21H26N4O4S. The number of nitrogens with one attached hydrogen (secondary N) is 2. The third kappa shape index (κ3) is 5.43. The number of carbonyl (C=O) groups excluding carboxylic acids is 2. The molecule has 160 valence electrons. The lowest BCUT2D eigenvalue weighted by molar-refractivity contribution is -0.131. The minimum absolute atomic E-state index is 0.226. The summed E-state index contributed by atoms with van der Waals surface area (Å²) in [6, 6.07) is 11.2. The number of hydrogen-bond acceptors (Lipinski definition) is 5. The summed E-state index contributed by atoms with van der Waals surface area (Å²) in [6.45, 7) is 2.52. The summed E-state index contributed by atoms with van der Waals surface area (Å²) in [5.74, 6) is -0.826. The SMILES string of the molecule is C[C@@H](NC(=O)C1CCN(S(=O)(=O)c2ccccc2)CC1)C(=O)NCc1cccnc1. The highest BCUT2D eigenvalue weighted by Crippen LogP contribution is 2.23. The number of nitrogens with zero attached hydrogens (tertiary/aromatic N) is 2. The zero-order valence-corrected chi connectivity index (χ0v) is 17.6. The monoisotopic (exact) mass is 430 g/mol. The number of benzene rings is 1. The highest BCUT2D eigenvalue weighted by Gasteiger charge is 2.32. The van der Waals surface area contributed by atoms with Crippen molar-refractivity contribution in [3.05, 3.63) is 60.4 Å². The van der Waals surface area contributed by atoms with E-state index in [1.54, 1.807) is 55.7 Å². The number of aromatic nitrogens is 1. The van der Waals surface area contributed by atoms with Gasteiger partial charge < -0.3 is 10.6 Å². The van der Waals surface area contributed by atoms with Crippen LogP contribution in [-0.2, 0) is 26.2 Å². The van der Waals surface area contributed by atoms with Crippen LogP contribution in [-0.4, -0.2) is 48.7 Å². The summed E-state index contributed by atoms with van der Waals surface area (Å²) in [5.41, 5.74) is 0.872. The molecule has 1 aromatic heterocycles. The molecule has 0 radical (unpaired) electrons. The Morgan fingerprint density at radius 2 is 1.83 bits per heavy atom. The standard InChI is InChI=1S/C21H26N4O4S/c1-16(20(26)23-15-17-6-5-11-22-14-17)24-21(27)18-9-12-25(13-10-18)30(28,29)19-7-3-2-4-8-19/h2-8,11,14,16,18H,9-10,12-13,15H2,1H3,(H,23,26)(H,24,27)/t16-/m1/s1. The van der Waals surface area contributed by atoms with E-state index < -0.39 is 16.1 Å². The van der Waals surface area contributed by atoms with E-state index in [1.165, 1.54) is 4.31 Å². The fourth-order valence-electron chi connectivity index (χ4n) is 3.34. The summed E-state index contributed by atoms with van der Waals surface area (Å²) >= 11 is 0. The van der Waals surface area contributed by atoms with Gasteiger partial charge in [0.2, 0.25) is 21.8 Å². The van der Waals surface area contributed by atoms with Gasteiger partial charge in [0.25, 0.3) is 0 Å². The number of pyridine rings is 1. The van der Waals surface area contributed by atoms with Crippen LogP contribution in [0, 0.1) is 5.92 Å². The van der Waals surface area contributed by atoms with Crippen LogP contribution in [0.4, 0.5) is 0 Å². The average Bonchev–Trinajstić information content (AvgIpc) is 2.78. The van der Waals surface area contributed by atoms with Gasteiger partial charge in [0.1, 0.15) is 6.04 Å². The predicted molar refractivity (Wildman–Crippen MR) is 112 cm³/mol. The Balaban J connectivity index is 1.47. The molecule has 1 saturated heterocycles. The Hall–Kier alpha value is -2.78. The number of carbonyl (C=O) groups is 2. The van der Waals surface area contributed by atoms with E-state index in [4.69, 9.17) is 0 Å². The van der Waals surface area contributed by atoms with E-state index in [9.17, 15) is 18.0 Å². The number of amides is 2. The zero-order chi connectivity index (χ0) is 21.6. The molecule has 3 rings (SSSR count). The maximum atomic E-state index is 12.7. The van der Waals surface area contributed by atoms with Gasteiger partial charge >= 0.3 is 0 Å².